The fourth-order valence-corrected chi connectivity index (χ4v) is 3.46. The van der Waals surface area contributed by atoms with Crippen LogP contribution in [0.1, 0.15) is 17.0 Å². The Bertz CT molecular complexity index is 1110. The van der Waals surface area contributed by atoms with E-state index < -0.39 is 0 Å². The number of carbonyl (C=O) groups excluding carboxylic acids is 1. The zero-order chi connectivity index (χ0) is 20.2. The van der Waals surface area contributed by atoms with Crippen molar-refractivity contribution in [2.45, 2.75) is 20.3 Å². The summed E-state index contributed by atoms with van der Waals surface area (Å²) in [5.74, 6) is -0.0451. The number of amides is 1. The minimum absolute atomic E-state index is 0.0451. The third kappa shape index (κ3) is 4.11. The normalized spacial score (nSPS) is 10.7. The molecule has 1 heterocycles. The van der Waals surface area contributed by atoms with E-state index in [9.17, 15) is 4.79 Å². The van der Waals surface area contributed by atoms with E-state index in [0.29, 0.717) is 6.42 Å². The van der Waals surface area contributed by atoms with Crippen LogP contribution in [0, 0.1) is 13.8 Å². The predicted molar refractivity (Wildman–Crippen MR) is 117 cm³/mol. The predicted octanol–water partition coefficient (Wildman–Crippen LogP) is 5.34. The summed E-state index contributed by atoms with van der Waals surface area (Å²) >= 11 is 0. The molecule has 0 unspecified atom stereocenters. The highest BCUT2D eigenvalue weighted by atomic mass is 16.1. The third-order valence-electron chi connectivity index (χ3n) is 4.98. The molecule has 0 aliphatic carbocycles. The van der Waals surface area contributed by atoms with E-state index in [2.05, 4.69) is 34.7 Å². The maximum Gasteiger partial charge on any atom is 0.228 e. The van der Waals surface area contributed by atoms with Crippen LogP contribution >= 0.6 is 0 Å². The average Bonchev–Trinajstić information content (AvgIpc) is 3.04. The van der Waals surface area contributed by atoms with E-state index in [1.54, 1.807) is 0 Å². The molecule has 1 aromatic heterocycles. The number of rotatable bonds is 5. The Morgan fingerprint density at radius 1 is 0.828 bits per heavy atom. The van der Waals surface area contributed by atoms with Gasteiger partial charge in [-0.1, -0.05) is 72.8 Å². The number of aromatic nitrogens is 2. The molecule has 0 atom stereocenters. The summed E-state index contributed by atoms with van der Waals surface area (Å²) in [6.07, 6.45) is 0.324. The lowest BCUT2D eigenvalue weighted by Crippen LogP contribution is -2.15. The first-order valence-electron chi connectivity index (χ1n) is 9.67. The van der Waals surface area contributed by atoms with Crippen molar-refractivity contribution in [3.8, 4) is 16.8 Å². The summed E-state index contributed by atoms with van der Waals surface area (Å²) in [5.41, 5.74) is 6.77. The summed E-state index contributed by atoms with van der Waals surface area (Å²) in [7, 11) is 0. The second kappa shape index (κ2) is 8.15. The maximum atomic E-state index is 12.6. The number of anilines is 1. The zero-order valence-corrected chi connectivity index (χ0v) is 16.6. The number of hydrogen-bond acceptors (Lipinski definition) is 2. The number of carbonyl (C=O) groups is 1. The molecular weight excluding hydrogens is 358 g/mol. The fourth-order valence-electron chi connectivity index (χ4n) is 3.46. The monoisotopic (exact) mass is 381 g/mol. The molecule has 0 radical (unpaired) electrons. The van der Waals surface area contributed by atoms with Gasteiger partial charge < -0.3 is 5.32 Å². The van der Waals surface area contributed by atoms with Crippen LogP contribution < -0.4 is 5.32 Å². The highest BCUT2D eigenvalue weighted by Crippen LogP contribution is 2.23. The van der Waals surface area contributed by atoms with Crippen molar-refractivity contribution in [3.63, 3.8) is 0 Å². The van der Waals surface area contributed by atoms with Crippen molar-refractivity contribution in [2.75, 3.05) is 5.32 Å². The molecule has 144 valence electrons. The summed E-state index contributed by atoms with van der Waals surface area (Å²) in [6, 6.07) is 28.3. The topological polar surface area (TPSA) is 46.9 Å². The number of nitrogens with one attached hydrogen (secondary N) is 1. The van der Waals surface area contributed by atoms with E-state index in [0.717, 1.165) is 33.9 Å². The molecule has 0 fully saturated rings. The molecule has 4 heteroatoms. The smallest absolute Gasteiger partial charge is 0.228 e. The molecule has 0 saturated heterocycles. The molecule has 4 aromatic rings. The van der Waals surface area contributed by atoms with E-state index >= 15 is 0 Å². The van der Waals surface area contributed by atoms with E-state index in [-0.39, 0.29) is 5.91 Å². The van der Waals surface area contributed by atoms with E-state index in [1.807, 2.05) is 79.2 Å². The van der Waals surface area contributed by atoms with Crippen LogP contribution in [0.4, 0.5) is 5.69 Å². The van der Waals surface area contributed by atoms with Gasteiger partial charge in [-0.25, -0.2) is 4.68 Å². The fraction of sp³-hybridized carbons (Fsp3) is 0.120. The Kier molecular flexibility index (Phi) is 5.25. The highest BCUT2D eigenvalue weighted by molar-refractivity contribution is 5.93. The minimum Gasteiger partial charge on any atom is -0.323 e. The summed E-state index contributed by atoms with van der Waals surface area (Å²) in [5, 5.41) is 7.63. The van der Waals surface area contributed by atoms with Crippen LogP contribution in [0.5, 0.6) is 0 Å². The number of hydrogen-bond donors (Lipinski definition) is 1. The summed E-state index contributed by atoms with van der Waals surface area (Å²) < 4.78 is 1.86. The molecule has 0 saturated carbocycles. The van der Waals surface area contributed by atoms with Gasteiger partial charge >= 0.3 is 0 Å². The first-order chi connectivity index (χ1) is 14.1. The van der Waals surface area contributed by atoms with Gasteiger partial charge in [0.25, 0.3) is 0 Å². The molecular formula is C25H23N3O. The van der Waals surface area contributed by atoms with Gasteiger partial charge in [0.05, 0.1) is 29.2 Å². The summed E-state index contributed by atoms with van der Waals surface area (Å²) in [4.78, 5) is 12.6. The zero-order valence-electron chi connectivity index (χ0n) is 16.6. The average molecular weight is 381 g/mol. The van der Waals surface area contributed by atoms with Crippen molar-refractivity contribution >= 4 is 11.6 Å². The SMILES string of the molecule is Cc1nn(-c2ccccc2)c(C)c1NC(=O)Cc1ccc(-c2ccccc2)cc1. The lowest BCUT2D eigenvalue weighted by Gasteiger charge is -2.08. The van der Waals surface area contributed by atoms with Gasteiger partial charge in [-0.15, -0.1) is 0 Å². The standard InChI is InChI=1S/C25H23N3O/c1-18-25(19(2)28(27-18)23-11-7-4-8-12-23)26-24(29)17-20-13-15-22(16-14-20)21-9-5-3-6-10-21/h3-16H,17H2,1-2H3,(H,26,29). The summed E-state index contributed by atoms with van der Waals surface area (Å²) in [6.45, 7) is 3.88. The first-order valence-corrected chi connectivity index (χ1v) is 9.67. The molecule has 1 N–H and O–H groups in total. The largest absolute Gasteiger partial charge is 0.323 e. The highest BCUT2D eigenvalue weighted by Gasteiger charge is 2.15. The van der Waals surface area contributed by atoms with Crippen molar-refractivity contribution in [1.82, 2.24) is 9.78 Å². The Hall–Kier alpha value is -3.66. The Balaban J connectivity index is 1.47. The van der Waals surface area contributed by atoms with Crippen LogP contribution in [0.3, 0.4) is 0 Å². The van der Waals surface area contributed by atoms with Crippen molar-refractivity contribution in [3.05, 3.63) is 102 Å². The van der Waals surface area contributed by atoms with Gasteiger partial charge in [0.15, 0.2) is 0 Å². The number of aryl methyl sites for hydroxylation is 1. The number of benzene rings is 3. The van der Waals surface area contributed by atoms with Gasteiger partial charge in [-0.3, -0.25) is 4.79 Å². The van der Waals surface area contributed by atoms with E-state index in [4.69, 9.17) is 0 Å². The Morgan fingerprint density at radius 3 is 2.07 bits per heavy atom. The quantitative estimate of drug-likeness (QED) is 0.507. The van der Waals surface area contributed by atoms with Crippen molar-refractivity contribution in [1.29, 1.82) is 0 Å². The van der Waals surface area contributed by atoms with Crippen LogP contribution in [0.15, 0.2) is 84.9 Å². The van der Waals surface area contributed by atoms with Gasteiger partial charge in [0, 0.05) is 0 Å². The molecule has 0 spiro atoms. The number of nitrogens with zero attached hydrogens (tertiary/aromatic N) is 2. The molecule has 29 heavy (non-hydrogen) atoms. The van der Waals surface area contributed by atoms with Crippen LogP contribution in [-0.2, 0) is 11.2 Å². The second-order valence-corrected chi connectivity index (χ2v) is 7.08. The van der Waals surface area contributed by atoms with Crippen LogP contribution in [0.25, 0.3) is 16.8 Å². The third-order valence-corrected chi connectivity index (χ3v) is 4.98. The lowest BCUT2D eigenvalue weighted by atomic mass is 10.0. The molecule has 3 aromatic carbocycles. The molecule has 4 nitrogen and oxygen atoms in total. The number of para-hydroxylation sites is 1. The lowest BCUT2D eigenvalue weighted by molar-refractivity contribution is -0.115. The van der Waals surface area contributed by atoms with Crippen molar-refractivity contribution < 1.29 is 4.79 Å². The second-order valence-electron chi connectivity index (χ2n) is 7.08. The van der Waals surface area contributed by atoms with Gasteiger partial charge in [-0.2, -0.15) is 5.10 Å². The molecule has 0 bridgehead atoms. The van der Waals surface area contributed by atoms with Gasteiger partial charge in [-0.05, 0) is 42.7 Å². The first kappa shape index (κ1) is 18.7. The maximum absolute atomic E-state index is 12.6. The van der Waals surface area contributed by atoms with Gasteiger partial charge in [0.2, 0.25) is 5.91 Å². The Morgan fingerprint density at radius 2 is 1.41 bits per heavy atom. The Labute approximate surface area is 170 Å². The van der Waals surface area contributed by atoms with Crippen molar-refractivity contribution in [2.24, 2.45) is 0 Å². The molecule has 0 aliphatic rings. The van der Waals surface area contributed by atoms with Crippen LogP contribution in [-0.4, -0.2) is 15.7 Å². The van der Waals surface area contributed by atoms with Gasteiger partial charge in [0.1, 0.15) is 0 Å². The van der Waals surface area contributed by atoms with Crippen LogP contribution in [0.2, 0.25) is 0 Å². The molecule has 4 rings (SSSR count). The van der Waals surface area contributed by atoms with E-state index in [1.165, 1.54) is 5.56 Å². The molecule has 0 aliphatic heterocycles. The molecule has 1 amide bonds. The minimum atomic E-state index is -0.0451.